The highest BCUT2D eigenvalue weighted by Crippen LogP contribution is 2.29. The maximum absolute atomic E-state index is 11.9. The number of ether oxygens (including phenoxy) is 1. The van der Waals surface area contributed by atoms with Gasteiger partial charge in [0.05, 0.1) is 22.9 Å². The van der Waals surface area contributed by atoms with Crippen LogP contribution in [0.5, 0.6) is 0 Å². The van der Waals surface area contributed by atoms with Crippen LogP contribution in [0.3, 0.4) is 0 Å². The Kier molecular flexibility index (Phi) is 6.61. The zero-order valence-electron chi connectivity index (χ0n) is 12.2. The van der Waals surface area contributed by atoms with Crippen molar-refractivity contribution in [3.05, 3.63) is 22.7 Å². The van der Waals surface area contributed by atoms with E-state index in [1.807, 2.05) is 7.05 Å². The lowest BCUT2D eigenvalue weighted by Crippen LogP contribution is -2.25. The number of benzene rings is 1. The van der Waals surface area contributed by atoms with Crippen molar-refractivity contribution in [2.24, 2.45) is 0 Å². The molecule has 0 saturated heterocycles. The smallest absolute Gasteiger partial charge is 0.340 e. The summed E-state index contributed by atoms with van der Waals surface area (Å²) in [6, 6.07) is 3.20. The van der Waals surface area contributed by atoms with Gasteiger partial charge in [0.25, 0.3) is 0 Å². The predicted octanol–water partition coefficient (Wildman–Crippen LogP) is 2.46. The average Bonchev–Trinajstić information content (AvgIpc) is 2.40. The summed E-state index contributed by atoms with van der Waals surface area (Å²) in [7, 11) is 2.03. The highest BCUT2D eigenvalue weighted by Gasteiger charge is 2.16. The van der Waals surface area contributed by atoms with Crippen molar-refractivity contribution >= 4 is 28.9 Å². The molecule has 0 bridgehead atoms. The molecule has 1 aromatic rings. The van der Waals surface area contributed by atoms with E-state index in [-0.39, 0.29) is 0 Å². The van der Waals surface area contributed by atoms with Crippen molar-refractivity contribution in [1.82, 2.24) is 4.90 Å². The van der Waals surface area contributed by atoms with Gasteiger partial charge in [-0.05, 0) is 32.6 Å². The topological polar surface area (TPSA) is 67.6 Å². The molecular formula is C14H22ClN3O2. The second kappa shape index (κ2) is 7.97. The highest BCUT2D eigenvalue weighted by molar-refractivity contribution is 6.34. The largest absolute Gasteiger partial charge is 0.462 e. The molecule has 20 heavy (non-hydrogen) atoms. The Labute approximate surface area is 125 Å². The summed E-state index contributed by atoms with van der Waals surface area (Å²) in [6.07, 6.45) is 0. The molecule has 1 aromatic carbocycles. The van der Waals surface area contributed by atoms with Gasteiger partial charge in [-0.25, -0.2) is 4.79 Å². The van der Waals surface area contributed by atoms with Crippen LogP contribution in [0.4, 0.5) is 11.4 Å². The third-order valence-corrected chi connectivity index (χ3v) is 3.24. The Morgan fingerprint density at radius 3 is 2.75 bits per heavy atom. The minimum Gasteiger partial charge on any atom is -0.462 e. The fraction of sp³-hybridized carbons (Fsp3) is 0.500. The number of carbonyl (C=O) groups excluding carboxylic acids is 1. The first-order valence-corrected chi connectivity index (χ1v) is 7.05. The predicted molar refractivity (Wildman–Crippen MR) is 83.5 cm³/mol. The number of nitrogens with one attached hydrogen (secondary N) is 1. The van der Waals surface area contributed by atoms with E-state index in [1.165, 1.54) is 0 Å². The van der Waals surface area contributed by atoms with Crippen molar-refractivity contribution in [1.29, 1.82) is 0 Å². The molecular weight excluding hydrogens is 278 g/mol. The first-order valence-electron chi connectivity index (χ1n) is 6.68. The molecule has 0 spiro atoms. The standard InChI is InChI=1S/C14H22ClN3O2/c1-4-18(3)7-6-17-13-11(14(19)20-5-2)8-10(16)9-12(13)15/h8-9,17H,4-7,16H2,1-3H3. The van der Waals surface area contributed by atoms with Gasteiger partial charge in [-0.1, -0.05) is 18.5 Å². The summed E-state index contributed by atoms with van der Waals surface area (Å²) in [5.74, 6) is -0.423. The fourth-order valence-corrected chi connectivity index (χ4v) is 2.00. The third kappa shape index (κ3) is 4.58. The number of rotatable bonds is 7. The van der Waals surface area contributed by atoms with Crippen LogP contribution in [0.15, 0.2) is 12.1 Å². The minimum atomic E-state index is -0.423. The molecule has 3 N–H and O–H groups in total. The van der Waals surface area contributed by atoms with Crippen LogP contribution in [0.1, 0.15) is 24.2 Å². The van der Waals surface area contributed by atoms with E-state index in [0.29, 0.717) is 35.1 Å². The van der Waals surface area contributed by atoms with Crippen molar-refractivity contribution in [2.45, 2.75) is 13.8 Å². The normalized spacial score (nSPS) is 10.7. The molecule has 0 fully saturated rings. The Bertz CT molecular complexity index is 466. The molecule has 0 aliphatic carbocycles. The fourth-order valence-electron chi connectivity index (χ4n) is 1.71. The second-order valence-corrected chi connectivity index (χ2v) is 4.88. The van der Waals surface area contributed by atoms with Crippen LogP contribution in [0, 0.1) is 0 Å². The lowest BCUT2D eigenvalue weighted by Gasteiger charge is -2.17. The molecule has 6 heteroatoms. The maximum atomic E-state index is 11.9. The molecule has 0 amide bonds. The molecule has 0 radical (unpaired) electrons. The number of carbonyl (C=O) groups is 1. The molecule has 1 rings (SSSR count). The van der Waals surface area contributed by atoms with E-state index in [4.69, 9.17) is 22.1 Å². The number of anilines is 2. The Morgan fingerprint density at radius 2 is 2.15 bits per heavy atom. The van der Waals surface area contributed by atoms with Crippen LogP contribution in [0.25, 0.3) is 0 Å². The van der Waals surface area contributed by atoms with Gasteiger partial charge in [0.15, 0.2) is 0 Å². The number of likely N-dealkylation sites (N-methyl/N-ethyl adjacent to an activating group) is 1. The number of nitrogen functional groups attached to an aromatic ring is 1. The molecule has 0 unspecified atom stereocenters. The lowest BCUT2D eigenvalue weighted by molar-refractivity contribution is 0.0527. The van der Waals surface area contributed by atoms with Gasteiger partial charge >= 0.3 is 5.97 Å². The molecule has 0 atom stereocenters. The number of halogens is 1. The van der Waals surface area contributed by atoms with Crippen molar-refractivity contribution < 1.29 is 9.53 Å². The zero-order valence-corrected chi connectivity index (χ0v) is 13.0. The second-order valence-electron chi connectivity index (χ2n) is 4.47. The number of esters is 1. The van der Waals surface area contributed by atoms with Crippen molar-refractivity contribution in [2.75, 3.05) is 44.3 Å². The van der Waals surface area contributed by atoms with Crippen molar-refractivity contribution in [3.8, 4) is 0 Å². The quantitative estimate of drug-likeness (QED) is 0.598. The molecule has 0 heterocycles. The molecule has 0 aliphatic heterocycles. The first kappa shape index (κ1) is 16.6. The van der Waals surface area contributed by atoms with Crippen LogP contribution in [-0.2, 0) is 4.74 Å². The molecule has 0 aliphatic rings. The third-order valence-electron chi connectivity index (χ3n) is 2.94. The summed E-state index contributed by atoms with van der Waals surface area (Å²) in [4.78, 5) is 14.1. The van der Waals surface area contributed by atoms with Crippen LogP contribution in [0.2, 0.25) is 5.02 Å². The van der Waals surface area contributed by atoms with Crippen LogP contribution in [-0.4, -0.2) is 44.2 Å². The van der Waals surface area contributed by atoms with E-state index in [2.05, 4.69) is 17.1 Å². The maximum Gasteiger partial charge on any atom is 0.340 e. The van der Waals surface area contributed by atoms with Gasteiger partial charge < -0.3 is 20.7 Å². The Morgan fingerprint density at radius 1 is 1.45 bits per heavy atom. The van der Waals surface area contributed by atoms with E-state index < -0.39 is 5.97 Å². The van der Waals surface area contributed by atoms with Crippen LogP contribution >= 0.6 is 11.6 Å². The van der Waals surface area contributed by atoms with E-state index in [9.17, 15) is 4.79 Å². The first-order chi connectivity index (χ1) is 9.49. The lowest BCUT2D eigenvalue weighted by atomic mass is 10.1. The van der Waals surface area contributed by atoms with Gasteiger partial charge in [0.2, 0.25) is 0 Å². The average molecular weight is 300 g/mol. The molecule has 5 nitrogen and oxygen atoms in total. The molecule has 0 saturated carbocycles. The van der Waals surface area contributed by atoms with Gasteiger partial charge in [0.1, 0.15) is 0 Å². The molecule has 112 valence electrons. The summed E-state index contributed by atoms with van der Waals surface area (Å²) in [6.45, 7) is 6.64. The van der Waals surface area contributed by atoms with Gasteiger partial charge in [-0.15, -0.1) is 0 Å². The molecule has 0 aromatic heterocycles. The summed E-state index contributed by atoms with van der Waals surface area (Å²) in [5.41, 5.74) is 7.12. The summed E-state index contributed by atoms with van der Waals surface area (Å²) >= 11 is 6.16. The summed E-state index contributed by atoms with van der Waals surface area (Å²) in [5, 5.41) is 3.61. The minimum absolute atomic E-state index is 0.309. The van der Waals surface area contributed by atoms with Crippen LogP contribution < -0.4 is 11.1 Å². The van der Waals surface area contributed by atoms with Crippen molar-refractivity contribution in [3.63, 3.8) is 0 Å². The van der Waals surface area contributed by atoms with Gasteiger partial charge in [-0.3, -0.25) is 0 Å². The number of nitrogens with two attached hydrogens (primary N) is 1. The van der Waals surface area contributed by atoms with E-state index >= 15 is 0 Å². The Hall–Kier alpha value is -1.46. The Balaban J connectivity index is 2.89. The number of nitrogens with zero attached hydrogens (tertiary/aromatic N) is 1. The SMILES string of the molecule is CCOC(=O)c1cc(N)cc(Cl)c1NCCN(C)CC. The van der Waals surface area contributed by atoms with Gasteiger partial charge in [0, 0.05) is 18.8 Å². The number of hydrogen-bond acceptors (Lipinski definition) is 5. The van der Waals surface area contributed by atoms with E-state index in [1.54, 1.807) is 19.1 Å². The van der Waals surface area contributed by atoms with Gasteiger partial charge in [-0.2, -0.15) is 0 Å². The monoisotopic (exact) mass is 299 g/mol. The summed E-state index contributed by atoms with van der Waals surface area (Å²) < 4.78 is 5.02. The number of hydrogen-bond donors (Lipinski definition) is 2. The zero-order chi connectivity index (χ0) is 15.1. The van der Waals surface area contributed by atoms with E-state index in [0.717, 1.165) is 13.1 Å². The highest BCUT2D eigenvalue weighted by atomic mass is 35.5.